The molecule has 0 radical (unpaired) electrons. The third-order valence-electron chi connectivity index (χ3n) is 2.84. The van der Waals surface area contributed by atoms with Crippen molar-refractivity contribution in [3.8, 4) is 0 Å². The minimum Gasteiger partial charge on any atom is -0.308 e. The van der Waals surface area contributed by atoms with Crippen molar-refractivity contribution >= 4 is 0 Å². The Morgan fingerprint density at radius 3 is 2.39 bits per heavy atom. The van der Waals surface area contributed by atoms with Gasteiger partial charge in [-0.3, -0.25) is 4.98 Å². The number of hydrogen-bond donors (Lipinski definition) is 1. The van der Waals surface area contributed by atoms with Crippen LogP contribution in [0, 0.1) is 0 Å². The van der Waals surface area contributed by atoms with Crippen molar-refractivity contribution in [2.24, 2.45) is 0 Å². The normalized spacial score (nSPS) is 15.4. The van der Waals surface area contributed by atoms with Gasteiger partial charge >= 0.3 is 6.18 Å². The number of pyridine rings is 1. The Labute approximate surface area is 106 Å². The smallest absolute Gasteiger partial charge is 0.308 e. The van der Waals surface area contributed by atoms with Gasteiger partial charge in [-0.25, -0.2) is 0 Å². The lowest BCUT2D eigenvalue weighted by atomic mass is 10.1. The maximum absolute atomic E-state index is 12.0. The molecule has 0 saturated carbocycles. The van der Waals surface area contributed by atoms with Crippen LogP contribution in [0.3, 0.4) is 0 Å². The first kappa shape index (κ1) is 15.0. The molecule has 0 saturated heterocycles. The van der Waals surface area contributed by atoms with Crippen LogP contribution in [0.4, 0.5) is 13.2 Å². The van der Waals surface area contributed by atoms with E-state index in [1.165, 1.54) is 0 Å². The summed E-state index contributed by atoms with van der Waals surface area (Å²) < 4.78 is 36.0. The number of rotatable bonds is 6. The van der Waals surface area contributed by atoms with Gasteiger partial charge in [0.05, 0.1) is 0 Å². The van der Waals surface area contributed by atoms with Crippen molar-refractivity contribution in [1.29, 1.82) is 0 Å². The van der Waals surface area contributed by atoms with Crippen LogP contribution in [0.25, 0.3) is 0 Å². The third kappa shape index (κ3) is 6.00. The average molecular weight is 260 g/mol. The summed E-state index contributed by atoms with van der Waals surface area (Å²) in [6.45, 7) is 3.91. The molecule has 1 heterocycles. The molecule has 2 unspecified atom stereocenters. The lowest BCUT2D eigenvalue weighted by molar-refractivity contribution is -0.135. The van der Waals surface area contributed by atoms with Crippen LogP contribution >= 0.6 is 0 Å². The van der Waals surface area contributed by atoms with Gasteiger partial charge in [0, 0.05) is 30.9 Å². The molecule has 0 aromatic carbocycles. The van der Waals surface area contributed by atoms with Crippen LogP contribution in [0.1, 0.15) is 44.7 Å². The van der Waals surface area contributed by atoms with Crippen molar-refractivity contribution in [2.75, 3.05) is 0 Å². The van der Waals surface area contributed by atoms with Gasteiger partial charge in [0.2, 0.25) is 0 Å². The molecule has 0 spiro atoms. The standard InChI is InChI=1S/C13H19F3N2/c1-10(4-3-7-13(14,15)16)18-11(2)12-5-8-17-9-6-12/h5-6,8-11,18H,3-4,7H2,1-2H3. The Bertz CT molecular complexity index is 338. The fourth-order valence-electron chi connectivity index (χ4n) is 1.87. The molecule has 5 heteroatoms. The summed E-state index contributed by atoms with van der Waals surface area (Å²) in [6.07, 6.45) is -0.640. The lowest BCUT2D eigenvalue weighted by Crippen LogP contribution is -2.29. The second kappa shape index (κ2) is 6.73. The Balaban J connectivity index is 2.30. The summed E-state index contributed by atoms with van der Waals surface area (Å²) in [5, 5.41) is 3.29. The molecule has 0 fully saturated rings. The van der Waals surface area contributed by atoms with Gasteiger partial charge in [-0.15, -0.1) is 0 Å². The van der Waals surface area contributed by atoms with E-state index in [2.05, 4.69) is 10.3 Å². The van der Waals surface area contributed by atoms with E-state index in [9.17, 15) is 13.2 Å². The van der Waals surface area contributed by atoms with Crippen molar-refractivity contribution < 1.29 is 13.2 Å². The third-order valence-corrected chi connectivity index (χ3v) is 2.84. The fraction of sp³-hybridized carbons (Fsp3) is 0.615. The van der Waals surface area contributed by atoms with E-state index in [0.29, 0.717) is 6.42 Å². The summed E-state index contributed by atoms with van der Waals surface area (Å²) in [7, 11) is 0. The molecule has 1 aromatic rings. The Hall–Kier alpha value is -1.10. The predicted molar refractivity (Wildman–Crippen MR) is 65.2 cm³/mol. The summed E-state index contributed by atoms with van der Waals surface area (Å²) >= 11 is 0. The summed E-state index contributed by atoms with van der Waals surface area (Å²) in [4.78, 5) is 3.93. The Morgan fingerprint density at radius 1 is 1.22 bits per heavy atom. The maximum Gasteiger partial charge on any atom is 0.389 e. The number of nitrogens with zero attached hydrogens (tertiary/aromatic N) is 1. The topological polar surface area (TPSA) is 24.9 Å². The van der Waals surface area contributed by atoms with Crippen LogP contribution in [-0.2, 0) is 0 Å². The van der Waals surface area contributed by atoms with E-state index in [1.54, 1.807) is 12.4 Å². The van der Waals surface area contributed by atoms with E-state index >= 15 is 0 Å². The summed E-state index contributed by atoms with van der Waals surface area (Å²) in [6, 6.07) is 3.99. The van der Waals surface area contributed by atoms with E-state index < -0.39 is 12.6 Å². The molecule has 2 nitrogen and oxygen atoms in total. The van der Waals surface area contributed by atoms with Gasteiger partial charge in [-0.05, 0) is 44.4 Å². The summed E-state index contributed by atoms with van der Waals surface area (Å²) in [5.41, 5.74) is 1.09. The highest BCUT2D eigenvalue weighted by atomic mass is 19.4. The highest BCUT2D eigenvalue weighted by Gasteiger charge is 2.26. The zero-order valence-corrected chi connectivity index (χ0v) is 10.7. The fourth-order valence-corrected chi connectivity index (χ4v) is 1.87. The van der Waals surface area contributed by atoms with Crippen LogP contribution in [0.2, 0.25) is 0 Å². The van der Waals surface area contributed by atoms with Gasteiger partial charge in [0.25, 0.3) is 0 Å². The van der Waals surface area contributed by atoms with E-state index in [-0.39, 0.29) is 18.5 Å². The van der Waals surface area contributed by atoms with Crippen molar-refractivity contribution in [3.63, 3.8) is 0 Å². The number of hydrogen-bond acceptors (Lipinski definition) is 2. The van der Waals surface area contributed by atoms with E-state index in [1.807, 2.05) is 26.0 Å². The molecule has 0 aliphatic carbocycles. The van der Waals surface area contributed by atoms with Gasteiger partial charge in [0.1, 0.15) is 0 Å². The predicted octanol–water partition coefficient (Wildman–Crippen LogP) is 3.85. The monoisotopic (exact) mass is 260 g/mol. The van der Waals surface area contributed by atoms with E-state index in [4.69, 9.17) is 0 Å². The SMILES string of the molecule is CC(CCCC(F)(F)F)NC(C)c1ccncc1. The Kier molecular flexibility index (Phi) is 5.59. The van der Waals surface area contributed by atoms with Crippen LogP contribution in [-0.4, -0.2) is 17.2 Å². The number of nitrogens with one attached hydrogen (secondary N) is 1. The molecule has 2 atom stereocenters. The number of alkyl halides is 3. The molecule has 0 amide bonds. The number of aromatic nitrogens is 1. The van der Waals surface area contributed by atoms with Gasteiger partial charge < -0.3 is 5.32 Å². The highest BCUT2D eigenvalue weighted by molar-refractivity contribution is 5.14. The number of halogens is 3. The largest absolute Gasteiger partial charge is 0.389 e. The first-order chi connectivity index (χ1) is 8.38. The molecular weight excluding hydrogens is 241 g/mol. The molecule has 1 aromatic heterocycles. The second-order valence-electron chi connectivity index (χ2n) is 4.58. The van der Waals surface area contributed by atoms with Crippen LogP contribution in [0.5, 0.6) is 0 Å². The first-order valence-electron chi connectivity index (χ1n) is 6.11. The van der Waals surface area contributed by atoms with Crippen molar-refractivity contribution in [3.05, 3.63) is 30.1 Å². The first-order valence-corrected chi connectivity index (χ1v) is 6.11. The molecule has 0 aliphatic rings. The van der Waals surface area contributed by atoms with E-state index in [0.717, 1.165) is 5.56 Å². The van der Waals surface area contributed by atoms with Crippen LogP contribution < -0.4 is 5.32 Å². The van der Waals surface area contributed by atoms with Crippen molar-refractivity contribution in [2.45, 2.75) is 51.4 Å². The van der Waals surface area contributed by atoms with Crippen molar-refractivity contribution in [1.82, 2.24) is 10.3 Å². The Morgan fingerprint density at radius 2 is 1.83 bits per heavy atom. The molecular formula is C13H19F3N2. The molecule has 0 aliphatic heterocycles. The molecule has 18 heavy (non-hydrogen) atoms. The van der Waals surface area contributed by atoms with Gasteiger partial charge in [-0.2, -0.15) is 13.2 Å². The van der Waals surface area contributed by atoms with Gasteiger partial charge in [-0.1, -0.05) is 0 Å². The quantitative estimate of drug-likeness (QED) is 0.840. The maximum atomic E-state index is 12.0. The van der Waals surface area contributed by atoms with Crippen LogP contribution in [0.15, 0.2) is 24.5 Å². The molecule has 0 bridgehead atoms. The molecule has 1 N–H and O–H groups in total. The zero-order valence-electron chi connectivity index (χ0n) is 10.7. The lowest BCUT2D eigenvalue weighted by Gasteiger charge is -2.20. The average Bonchev–Trinajstić information content (AvgIpc) is 2.28. The minimum absolute atomic E-state index is 0.0653. The summed E-state index contributed by atoms with van der Waals surface area (Å²) in [5.74, 6) is 0. The second-order valence-corrected chi connectivity index (χ2v) is 4.58. The van der Waals surface area contributed by atoms with Gasteiger partial charge in [0.15, 0.2) is 0 Å². The minimum atomic E-state index is -4.05. The zero-order chi connectivity index (χ0) is 13.6. The molecule has 1 rings (SSSR count). The highest BCUT2D eigenvalue weighted by Crippen LogP contribution is 2.23. The molecule has 102 valence electrons.